The molecule has 5 heteroatoms. The molecule has 0 amide bonds. The minimum atomic E-state index is 0.407. The van der Waals surface area contributed by atoms with Gasteiger partial charge in [-0.25, -0.2) is 9.97 Å². The lowest BCUT2D eigenvalue weighted by molar-refractivity contribution is 0.166. The van der Waals surface area contributed by atoms with Gasteiger partial charge in [-0.1, -0.05) is 35.3 Å². The van der Waals surface area contributed by atoms with Gasteiger partial charge in [-0.2, -0.15) is 0 Å². The van der Waals surface area contributed by atoms with Crippen molar-refractivity contribution in [1.82, 2.24) is 14.9 Å². The summed E-state index contributed by atoms with van der Waals surface area (Å²) in [5.41, 5.74) is 3.62. The van der Waals surface area contributed by atoms with Crippen molar-refractivity contribution in [3.8, 4) is 0 Å². The Morgan fingerprint density at radius 1 is 1.27 bits per heavy atom. The van der Waals surface area contributed by atoms with Gasteiger partial charge in [0.25, 0.3) is 0 Å². The zero-order valence-corrected chi connectivity index (χ0v) is 13.9. The van der Waals surface area contributed by atoms with Gasteiger partial charge in [0, 0.05) is 36.8 Å². The van der Waals surface area contributed by atoms with Gasteiger partial charge in [0.15, 0.2) is 0 Å². The quantitative estimate of drug-likeness (QED) is 0.817. The Morgan fingerprint density at radius 2 is 2.14 bits per heavy atom. The second-order valence-electron chi connectivity index (χ2n) is 6.16. The molecule has 0 spiro atoms. The lowest BCUT2D eigenvalue weighted by Crippen LogP contribution is -2.37. The molecule has 1 aromatic carbocycles. The SMILES string of the molecule is Cc1ncc2c(n1)C[C@@H]1CC[C@@H]2N1Cc1cccc(Cl)c1Cl. The number of aromatic nitrogens is 2. The molecule has 0 unspecified atom stereocenters. The van der Waals surface area contributed by atoms with Gasteiger partial charge in [0.2, 0.25) is 0 Å². The molecule has 4 rings (SSSR count). The summed E-state index contributed by atoms with van der Waals surface area (Å²) in [6.45, 7) is 2.79. The molecule has 22 heavy (non-hydrogen) atoms. The highest BCUT2D eigenvalue weighted by molar-refractivity contribution is 6.42. The Hall–Kier alpha value is -1.16. The molecule has 114 valence electrons. The van der Waals surface area contributed by atoms with Gasteiger partial charge in [-0.05, 0) is 31.4 Å². The van der Waals surface area contributed by atoms with Crippen LogP contribution in [0, 0.1) is 6.92 Å². The molecule has 2 aromatic rings. The Kier molecular flexibility index (Phi) is 3.60. The van der Waals surface area contributed by atoms with Crippen LogP contribution in [-0.2, 0) is 13.0 Å². The Labute approximate surface area is 140 Å². The topological polar surface area (TPSA) is 29.0 Å². The maximum atomic E-state index is 6.37. The first-order valence-electron chi connectivity index (χ1n) is 7.64. The molecule has 2 aliphatic heterocycles. The summed E-state index contributed by atoms with van der Waals surface area (Å²) in [5, 5.41) is 1.30. The van der Waals surface area contributed by atoms with E-state index < -0.39 is 0 Å². The minimum absolute atomic E-state index is 0.407. The molecule has 1 aromatic heterocycles. The maximum absolute atomic E-state index is 6.37. The van der Waals surface area contributed by atoms with Gasteiger partial charge < -0.3 is 0 Å². The van der Waals surface area contributed by atoms with E-state index in [1.54, 1.807) is 0 Å². The fourth-order valence-corrected chi connectivity index (χ4v) is 4.17. The Balaban J connectivity index is 1.67. The maximum Gasteiger partial charge on any atom is 0.125 e. The number of rotatable bonds is 2. The average Bonchev–Trinajstić information content (AvgIpc) is 2.77. The number of benzene rings is 1. The lowest BCUT2D eigenvalue weighted by atomic mass is 9.98. The highest BCUT2D eigenvalue weighted by atomic mass is 35.5. The summed E-state index contributed by atoms with van der Waals surface area (Å²) >= 11 is 12.5. The number of fused-ring (bicyclic) bond motifs is 4. The monoisotopic (exact) mass is 333 g/mol. The van der Waals surface area contributed by atoms with Crippen molar-refractivity contribution in [1.29, 1.82) is 0 Å². The molecule has 2 aliphatic rings. The molecule has 2 atom stereocenters. The van der Waals surface area contributed by atoms with Gasteiger partial charge >= 0.3 is 0 Å². The third-order valence-electron chi connectivity index (χ3n) is 4.84. The van der Waals surface area contributed by atoms with Crippen LogP contribution < -0.4 is 0 Å². The predicted molar refractivity (Wildman–Crippen MR) is 88.2 cm³/mol. The van der Waals surface area contributed by atoms with Gasteiger partial charge in [-0.3, -0.25) is 4.90 Å². The van der Waals surface area contributed by atoms with Crippen LogP contribution in [0.1, 0.15) is 41.5 Å². The third-order valence-corrected chi connectivity index (χ3v) is 5.69. The molecule has 0 saturated carbocycles. The number of aryl methyl sites for hydroxylation is 1. The zero-order chi connectivity index (χ0) is 15.3. The summed E-state index contributed by atoms with van der Waals surface area (Å²) < 4.78 is 0. The average molecular weight is 334 g/mol. The Morgan fingerprint density at radius 3 is 3.00 bits per heavy atom. The molecule has 3 heterocycles. The van der Waals surface area contributed by atoms with Crippen LogP contribution >= 0.6 is 23.2 Å². The number of nitrogens with zero attached hydrogens (tertiary/aromatic N) is 3. The predicted octanol–water partition coefficient (Wildman–Crippen LogP) is 4.35. The van der Waals surface area contributed by atoms with Crippen molar-refractivity contribution in [2.45, 2.75) is 44.8 Å². The molecular formula is C17H17Cl2N3. The summed E-state index contributed by atoms with van der Waals surface area (Å²) in [7, 11) is 0. The highest BCUT2D eigenvalue weighted by Crippen LogP contribution is 2.44. The zero-order valence-electron chi connectivity index (χ0n) is 12.4. The van der Waals surface area contributed by atoms with Crippen LogP contribution in [-0.4, -0.2) is 20.9 Å². The summed E-state index contributed by atoms with van der Waals surface area (Å²) in [6.07, 6.45) is 5.39. The van der Waals surface area contributed by atoms with E-state index in [1.165, 1.54) is 24.1 Å². The van der Waals surface area contributed by atoms with E-state index in [0.29, 0.717) is 22.1 Å². The fraction of sp³-hybridized carbons (Fsp3) is 0.412. The van der Waals surface area contributed by atoms with Crippen molar-refractivity contribution >= 4 is 23.2 Å². The van der Waals surface area contributed by atoms with E-state index in [9.17, 15) is 0 Å². The van der Waals surface area contributed by atoms with Crippen LogP contribution in [0.2, 0.25) is 10.0 Å². The molecule has 1 saturated heterocycles. The summed E-state index contributed by atoms with van der Waals surface area (Å²) in [5.74, 6) is 0.865. The van der Waals surface area contributed by atoms with E-state index in [2.05, 4.69) is 20.9 Å². The van der Waals surface area contributed by atoms with Crippen LogP contribution in [0.25, 0.3) is 0 Å². The van der Waals surface area contributed by atoms with Gasteiger partial charge in [0.05, 0.1) is 15.7 Å². The molecule has 0 radical (unpaired) electrons. The highest BCUT2D eigenvalue weighted by Gasteiger charge is 2.40. The molecule has 1 fully saturated rings. The van der Waals surface area contributed by atoms with E-state index in [1.807, 2.05) is 25.3 Å². The smallest absolute Gasteiger partial charge is 0.125 e. The third kappa shape index (κ3) is 2.32. The number of halogens is 2. The normalized spacial score (nSPS) is 23.6. The van der Waals surface area contributed by atoms with Gasteiger partial charge in [0.1, 0.15) is 5.82 Å². The van der Waals surface area contributed by atoms with Crippen molar-refractivity contribution in [2.75, 3.05) is 0 Å². The van der Waals surface area contributed by atoms with E-state index >= 15 is 0 Å². The van der Waals surface area contributed by atoms with Crippen molar-refractivity contribution in [3.05, 3.63) is 57.1 Å². The summed E-state index contributed by atoms with van der Waals surface area (Å²) in [4.78, 5) is 11.6. The van der Waals surface area contributed by atoms with Crippen molar-refractivity contribution in [3.63, 3.8) is 0 Å². The largest absolute Gasteiger partial charge is 0.289 e. The van der Waals surface area contributed by atoms with E-state index in [-0.39, 0.29) is 0 Å². The van der Waals surface area contributed by atoms with E-state index in [0.717, 1.165) is 24.4 Å². The standard InChI is InChI=1S/C17H17Cl2N3/c1-10-20-8-13-15(21-10)7-12-5-6-16(13)22(12)9-11-3-2-4-14(18)17(11)19/h2-4,8,12,16H,5-7,9H2,1H3/t12-,16-/m0/s1. The van der Waals surface area contributed by atoms with Crippen LogP contribution in [0.15, 0.2) is 24.4 Å². The summed E-state index contributed by atoms with van der Waals surface area (Å²) in [6, 6.07) is 6.82. The first-order valence-corrected chi connectivity index (χ1v) is 8.40. The fourth-order valence-electron chi connectivity index (χ4n) is 3.79. The molecule has 0 N–H and O–H groups in total. The van der Waals surface area contributed by atoms with Crippen LogP contribution in [0.4, 0.5) is 0 Å². The molecular weight excluding hydrogens is 317 g/mol. The molecule has 0 aliphatic carbocycles. The minimum Gasteiger partial charge on any atom is -0.289 e. The Bertz CT molecular complexity index is 732. The lowest BCUT2D eigenvalue weighted by Gasteiger charge is -2.35. The first-order chi connectivity index (χ1) is 10.6. The number of hydrogen-bond acceptors (Lipinski definition) is 3. The van der Waals surface area contributed by atoms with Gasteiger partial charge in [-0.15, -0.1) is 0 Å². The van der Waals surface area contributed by atoms with Crippen LogP contribution in [0.3, 0.4) is 0 Å². The first kappa shape index (κ1) is 14.4. The molecule has 2 bridgehead atoms. The van der Waals surface area contributed by atoms with Crippen molar-refractivity contribution < 1.29 is 0 Å². The van der Waals surface area contributed by atoms with Crippen molar-refractivity contribution in [2.24, 2.45) is 0 Å². The second-order valence-corrected chi connectivity index (χ2v) is 6.94. The number of hydrogen-bond donors (Lipinski definition) is 0. The molecule has 3 nitrogen and oxygen atoms in total. The second kappa shape index (κ2) is 5.48. The van der Waals surface area contributed by atoms with Crippen LogP contribution in [0.5, 0.6) is 0 Å². The van der Waals surface area contributed by atoms with E-state index in [4.69, 9.17) is 23.2 Å².